The van der Waals surface area contributed by atoms with Crippen molar-refractivity contribution in [3.63, 3.8) is 0 Å². The lowest BCUT2D eigenvalue weighted by atomic mass is 10.0. The van der Waals surface area contributed by atoms with Crippen molar-refractivity contribution in [2.45, 2.75) is 25.3 Å². The third kappa shape index (κ3) is 5.11. The van der Waals surface area contributed by atoms with E-state index < -0.39 is 10.0 Å². The molecule has 0 bridgehead atoms. The van der Waals surface area contributed by atoms with E-state index >= 15 is 0 Å². The molecule has 0 amide bonds. The van der Waals surface area contributed by atoms with Gasteiger partial charge in [0.2, 0.25) is 0 Å². The number of anilines is 1. The summed E-state index contributed by atoms with van der Waals surface area (Å²) in [4.78, 5) is 11.6. The molecule has 1 saturated heterocycles. The Morgan fingerprint density at radius 3 is 2.39 bits per heavy atom. The number of rotatable bonds is 7. The predicted octanol–water partition coefficient (Wildman–Crippen LogP) is 4.83. The number of aryl methyl sites for hydroxylation is 1. The Morgan fingerprint density at radius 1 is 0.951 bits per heavy atom. The molecule has 0 aliphatic carbocycles. The standard InChI is InChI=1S/C31H32N6O3S/c1-21-6-12-25(13-7-21)41(39,40)37-29(24-10-8-23(9-11-24)19-36-16-14-32-15-17-36)18-27-30(33-20-34-31(27)37)26-4-3-5-28(35-38)22(26)2/h3-13,18,20,32,35,38H,14-17,19H2,1-2H3. The second kappa shape index (κ2) is 11.1. The van der Waals surface area contributed by atoms with Gasteiger partial charge in [0.15, 0.2) is 5.65 Å². The average Bonchev–Trinajstić information content (AvgIpc) is 3.39. The van der Waals surface area contributed by atoms with Crippen molar-refractivity contribution in [2.75, 3.05) is 31.7 Å². The normalized spacial score (nSPS) is 14.4. The number of hydrogen-bond acceptors (Lipinski definition) is 8. The maximum atomic E-state index is 14.2. The van der Waals surface area contributed by atoms with Gasteiger partial charge in [-0.3, -0.25) is 15.6 Å². The van der Waals surface area contributed by atoms with Crippen LogP contribution in [0.4, 0.5) is 5.69 Å². The van der Waals surface area contributed by atoms with E-state index in [1.807, 2.05) is 44.2 Å². The molecule has 1 aliphatic heterocycles. The van der Waals surface area contributed by atoms with E-state index in [0.717, 1.165) is 55.0 Å². The fourth-order valence-corrected chi connectivity index (χ4v) is 6.87. The topological polar surface area (TPSA) is 112 Å². The fourth-order valence-electron chi connectivity index (χ4n) is 5.39. The zero-order chi connectivity index (χ0) is 28.6. The third-order valence-electron chi connectivity index (χ3n) is 7.69. The van der Waals surface area contributed by atoms with Gasteiger partial charge in [-0.05, 0) is 54.8 Å². The maximum absolute atomic E-state index is 14.2. The zero-order valence-corrected chi connectivity index (χ0v) is 23.8. The summed E-state index contributed by atoms with van der Waals surface area (Å²) >= 11 is 0. The van der Waals surface area contributed by atoms with Crippen LogP contribution < -0.4 is 10.8 Å². The van der Waals surface area contributed by atoms with Gasteiger partial charge >= 0.3 is 0 Å². The lowest BCUT2D eigenvalue weighted by Crippen LogP contribution is -2.42. The van der Waals surface area contributed by atoms with Gasteiger partial charge in [-0.15, -0.1) is 0 Å². The monoisotopic (exact) mass is 568 g/mol. The fraction of sp³-hybridized carbons (Fsp3) is 0.226. The minimum Gasteiger partial charge on any atom is -0.314 e. The Labute approximate surface area is 239 Å². The van der Waals surface area contributed by atoms with Crippen molar-refractivity contribution < 1.29 is 13.6 Å². The summed E-state index contributed by atoms with van der Waals surface area (Å²) in [6, 6.07) is 22.2. The number of benzene rings is 3. The first-order valence-corrected chi connectivity index (χ1v) is 15.0. The highest BCUT2D eigenvalue weighted by molar-refractivity contribution is 7.90. The van der Waals surface area contributed by atoms with Crippen LogP contribution in [0.2, 0.25) is 0 Å². The number of nitrogens with one attached hydrogen (secondary N) is 2. The highest BCUT2D eigenvalue weighted by Crippen LogP contribution is 2.37. The average molecular weight is 569 g/mol. The van der Waals surface area contributed by atoms with Crippen molar-refractivity contribution >= 4 is 26.7 Å². The van der Waals surface area contributed by atoms with Gasteiger partial charge < -0.3 is 5.32 Å². The Morgan fingerprint density at radius 2 is 1.68 bits per heavy atom. The quantitative estimate of drug-likeness (QED) is 0.240. The summed E-state index contributed by atoms with van der Waals surface area (Å²) in [5.74, 6) is 0. The minimum absolute atomic E-state index is 0.181. The SMILES string of the molecule is Cc1ccc(S(=O)(=O)n2c(-c3ccc(CN4CCNCC4)cc3)cc3c(-c4cccc(NO)c4C)ncnc32)cc1. The Hall–Kier alpha value is -4.09. The lowest BCUT2D eigenvalue weighted by Gasteiger charge is -2.27. The summed E-state index contributed by atoms with van der Waals surface area (Å²) in [6.07, 6.45) is 1.39. The molecule has 6 rings (SSSR count). The van der Waals surface area contributed by atoms with Gasteiger partial charge in [0, 0.05) is 43.7 Å². The Bertz CT molecular complexity index is 1810. The van der Waals surface area contributed by atoms with E-state index in [4.69, 9.17) is 0 Å². The molecule has 41 heavy (non-hydrogen) atoms. The molecule has 3 heterocycles. The van der Waals surface area contributed by atoms with E-state index in [2.05, 4.69) is 37.8 Å². The van der Waals surface area contributed by atoms with Crippen LogP contribution in [0.5, 0.6) is 0 Å². The first-order valence-electron chi connectivity index (χ1n) is 13.6. The van der Waals surface area contributed by atoms with Crippen molar-refractivity contribution in [1.29, 1.82) is 0 Å². The van der Waals surface area contributed by atoms with E-state index in [1.165, 1.54) is 15.9 Å². The molecule has 0 atom stereocenters. The third-order valence-corrected chi connectivity index (χ3v) is 9.41. The second-order valence-corrected chi connectivity index (χ2v) is 12.2. The van der Waals surface area contributed by atoms with Gasteiger partial charge in [0.05, 0.1) is 22.0 Å². The molecular formula is C31H32N6O3S. The molecule has 0 spiro atoms. The molecule has 3 aromatic carbocycles. The maximum Gasteiger partial charge on any atom is 0.269 e. The number of hydrogen-bond donors (Lipinski definition) is 3. The smallest absolute Gasteiger partial charge is 0.269 e. The Balaban J connectivity index is 1.53. The van der Waals surface area contributed by atoms with E-state index in [1.54, 1.807) is 30.3 Å². The summed E-state index contributed by atoms with van der Waals surface area (Å²) in [6.45, 7) is 8.60. The zero-order valence-electron chi connectivity index (χ0n) is 23.0. The second-order valence-electron chi connectivity index (χ2n) is 10.4. The molecule has 1 aliphatic rings. The largest absolute Gasteiger partial charge is 0.314 e. The van der Waals surface area contributed by atoms with Crippen LogP contribution in [0.3, 0.4) is 0 Å². The first-order chi connectivity index (χ1) is 19.9. The summed E-state index contributed by atoms with van der Waals surface area (Å²) < 4.78 is 29.7. The van der Waals surface area contributed by atoms with Crippen LogP contribution >= 0.6 is 0 Å². The van der Waals surface area contributed by atoms with Crippen LogP contribution in [0.15, 0.2) is 84.0 Å². The molecule has 9 nitrogen and oxygen atoms in total. The van der Waals surface area contributed by atoms with Crippen LogP contribution in [0.1, 0.15) is 16.7 Å². The molecule has 1 fully saturated rings. The van der Waals surface area contributed by atoms with Crippen LogP contribution in [0.25, 0.3) is 33.5 Å². The molecule has 2 aromatic heterocycles. The van der Waals surface area contributed by atoms with E-state index in [9.17, 15) is 13.6 Å². The number of nitrogens with zero attached hydrogens (tertiary/aromatic N) is 4. The van der Waals surface area contributed by atoms with Crippen LogP contribution in [0, 0.1) is 13.8 Å². The number of piperazine rings is 1. The highest BCUT2D eigenvalue weighted by atomic mass is 32.2. The van der Waals surface area contributed by atoms with Crippen LogP contribution in [-0.4, -0.2) is 58.6 Å². The van der Waals surface area contributed by atoms with Crippen molar-refractivity contribution in [3.8, 4) is 22.5 Å². The summed E-state index contributed by atoms with van der Waals surface area (Å²) in [5.41, 5.74) is 8.59. The number of aromatic nitrogens is 3. The van der Waals surface area contributed by atoms with Gasteiger partial charge in [-0.2, -0.15) is 0 Å². The molecule has 0 radical (unpaired) electrons. The van der Waals surface area contributed by atoms with Gasteiger partial charge in [-0.1, -0.05) is 54.1 Å². The number of fused-ring (bicyclic) bond motifs is 1. The van der Waals surface area contributed by atoms with E-state index in [-0.39, 0.29) is 10.5 Å². The van der Waals surface area contributed by atoms with Gasteiger partial charge in [-0.25, -0.2) is 22.4 Å². The van der Waals surface area contributed by atoms with Crippen LogP contribution in [-0.2, 0) is 16.6 Å². The molecular weight excluding hydrogens is 536 g/mol. The Kier molecular flexibility index (Phi) is 7.31. The highest BCUT2D eigenvalue weighted by Gasteiger charge is 2.27. The molecule has 3 N–H and O–H groups in total. The van der Waals surface area contributed by atoms with Crippen molar-refractivity contribution in [1.82, 2.24) is 24.2 Å². The summed E-state index contributed by atoms with van der Waals surface area (Å²) in [7, 11) is -4.01. The summed E-state index contributed by atoms with van der Waals surface area (Å²) in [5, 5.41) is 13.6. The molecule has 210 valence electrons. The minimum atomic E-state index is -4.01. The van der Waals surface area contributed by atoms with E-state index in [0.29, 0.717) is 22.5 Å². The molecule has 5 aromatic rings. The lowest BCUT2D eigenvalue weighted by molar-refractivity contribution is 0.233. The molecule has 10 heteroatoms. The predicted molar refractivity (Wildman–Crippen MR) is 160 cm³/mol. The van der Waals surface area contributed by atoms with Crippen molar-refractivity contribution in [3.05, 3.63) is 95.8 Å². The molecule has 0 unspecified atom stereocenters. The van der Waals surface area contributed by atoms with Gasteiger partial charge in [0.1, 0.15) is 6.33 Å². The van der Waals surface area contributed by atoms with Crippen molar-refractivity contribution in [2.24, 2.45) is 0 Å². The molecule has 0 saturated carbocycles. The first kappa shape index (κ1) is 27.1. The van der Waals surface area contributed by atoms with Gasteiger partial charge in [0.25, 0.3) is 10.0 Å².